The van der Waals surface area contributed by atoms with Crippen LogP contribution in [0.25, 0.3) is 0 Å². The van der Waals surface area contributed by atoms with Crippen LogP contribution in [0, 0.1) is 5.92 Å². The third-order valence-electron chi connectivity index (χ3n) is 3.57. The number of rotatable bonds is 4. The van der Waals surface area contributed by atoms with Gasteiger partial charge in [0.25, 0.3) is 0 Å². The lowest BCUT2D eigenvalue weighted by atomic mass is 9.95. The molecule has 0 aliphatic carbocycles. The first kappa shape index (κ1) is 13.9. The molecule has 3 heteroatoms. The van der Waals surface area contributed by atoms with Gasteiger partial charge in [0.2, 0.25) is 0 Å². The Labute approximate surface area is 115 Å². The Hall–Kier alpha value is -0.540. The quantitative estimate of drug-likeness (QED) is 0.765. The van der Waals surface area contributed by atoms with Crippen molar-refractivity contribution in [1.29, 1.82) is 0 Å². The van der Waals surface area contributed by atoms with Crippen molar-refractivity contribution in [3.8, 4) is 0 Å². The Morgan fingerprint density at radius 1 is 1.39 bits per heavy atom. The Morgan fingerprint density at radius 3 is 2.83 bits per heavy atom. The zero-order valence-corrected chi connectivity index (χ0v) is 12.5. The molecular formula is C15H24N2S. The molecule has 0 amide bonds. The molecular weight excluding hydrogens is 240 g/mol. The predicted molar refractivity (Wildman–Crippen MR) is 79.0 cm³/mol. The number of thioether (sulfide) groups is 1. The van der Waals surface area contributed by atoms with Crippen LogP contribution in [0.1, 0.15) is 44.7 Å². The molecule has 18 heavy (non-hydrogen) atoms. The van der Waals surface area contributed by atoms with Crippen LogP contribution in [0.5, 0.6) is 0 Å². The van der Waals surface area contributed by atoms with Gasteiger partial charge in [-0.25, -0.2) is 4.98 Å². The van der Waals surface area contributed by atoms with Crippen molar-refractivity contribution in [2.45, 2.75) is 44.2 Å². The highest BCUT2D eigenvalue weighted by Crippen LogP contribution is 2.31. The second-order valence-corrected chi connectivity index (χ2v) is 6.36. The van der Waals surface area contributed by atoms with Gasteiger partial charge in [-0.15, -0.1) is 11.8 Å². The number of likely N-dealkylation sites (tertiary alicyclic amines) is 1. The summed E-state index contributed by atoms with van der Waals surface area (Å²) in [6.07, 6.45) is 8.14. The SMILES string of the molecule is CSc1ccc([C@H]2CCCCN2CC(C)C)cn1. The van der Waals surface area contributed by atoms with Gasteiger partial charge in [0, 0.05) is 18.8 Å². The number of piperidine rings is 1. The van der Waals surface area contributed by atoms with Gasteiger partial charge in [0.15, 0.2) is 0 Å². The molecule has 100 valence electrons. The summed E-state index contributed by atoms with van der Waals surface area (Å²) in [5.74, 6) is 0.740. The van der Waals surface area contributed by atoms with E-state index in [0.717, 1.165) is 10.9 Å². The van der Waals surface area contributed by atoms with E-state index in [-0.39, 0.29) is 0 Å². The molecule has 1 aliphatic rings. The fraction of sp³-hybridized carbons (Fsp3) is 0.667. The monoisotopic (exact) mass is 264 g/mol. The summed E-state index contributed by atoms with van der Waals surface area (Å²) in [6, 6.07) is 5.01. The van der Waals surface area contributed by atoms with Crippen molar-refractivity contribution in [1.82, 2.24) is 9.88 Å². The molecule has 1 aromatic heterocycles. The van der Waals surface area contributed by atoms with Crippen molar-refractivity contribution < 1.29 is 0 Å². The maximum atomic E-state index is 4.52. The van der Waals surface area contributed by atoms with Crippen molar-refractivity contribution >= 4 is 11.8 Å². The summed E-state index contributed by atoms with van der Waals surface area (Å²) < 4.78 is 0. The molecule has 1 aromatic rings. The zero-order valence-electron chi connectivity index (χ0n) is 11.7. The lowest BCUT2D eigenvalue weighted by Crippen LogP contribution is -2.36. The molecule has 0 N–H and O–H groups in total. The van der Waals surface area contributed by atoms with Gasteiger partial charge in [0.05, 0.1) is 5.03 Å². The highest BCUT2D eigenvalue weighted by molar-refractivity contribution is 7.98. The third kappa shape index (κ3) is 3.48. The molecule has 1 fully saturated rings. The molecule has 0 unspecified atom stereocenters. The molecule has 0 radical (unpaired) electrons. The van der Waals surface area contributed by atoms with Crippen LogP contribution in [-0.2, 0) is 0 Å². The van der Waals surface area contributed by atoms with Crippen molar-refractivity contribution in [2.24, 2.45) is 5.92 Å². The predicted octanol–water partition coefficient (Wildman–Crippen LogP) is 3.99. The van der Waals surface area contributed by atoms with Gasteiger partial charge >= 0.3 is 0 Å². The van der Waals surface area contributed by atoms with Gasteiger partial charge in [-0.1, -0.05) is 26.3 Å². The summed E-state index contributed by atoms with van der Waals surface area (Å²) in [7, 11) is 0. The van der Waals surface area contributed by atoms with E-state index in [1.807, 2.05) is 0 Å². The lowest BCUT2D eigenvalue weighted by Gasteiger charge is -2.37. The van der Waals surface area contributed by atoms with Crippen LogP contribution in [-0.4, -0.2) is 29.2 Å². The molecule has 0 saturated carbocycles. The van der Waals surface area contributed by atoms with E-state index >= 15 is 0 Å². The first-order valence-corrected chi connectivity index (χ1v) is 8.17. The minimum atomic E-state index is 0.588. The van der Waals surface area contributed by atoms with Crippen LogP contribution in [0.4, 0.5) is 0 Å². The average Bonchev–Trinajstić information content (AvgIpc) is 2.39. The third-order valence-corrected chi connectivity index (χ3v) is 4.23. The van der Waals surface area contributed by atoms with Gasteiger partial charge in [-0.2, -0.15) is 0 Å². The average molecular weight is 264 g/mol. The van der Waals surface area contributed by atoms with Crippen LogP contribution in [0.3, 0.4) is 0 Å². The van der Waals surface area contributed by atoms with Crippen LogP contribution < -0.4 is 0 Å². The Balaban J connectivity index is 2.11. The van der Waals surface area contributed by atoms with Crippen molar-refractivity contribution in [3.63, 3.8) is 0 Å². The molecule has 2 heterocycles. The van der Waals surface area contributed by atoms with E-state index in [1.165, 1.54) is 37.9 Å². The largest absolute Gasteiger partial charge is 0.296 e. The van der Waals surface area contributed by atoms with E-state index in [2.05, 4.69) is 48.3 Å². The Bertz CT molecular complexity index is 361. The number of hydrogen-bond acceptors (Lipinski definition) is 3. The minimum absolute atomic E-state index is 0.588. The zero-order chi connectivity index (χ0) is 13.0. The van der Waals surface area contributed by atoms with Gasteiger partial charge in [-0.3, -0.25) is 4.90 Å². The fourth-order valence-electron chi connectivity index (χ4n) is 2.77. The summed E-state index contributed by atoms with van der Waals surface area (Å²) in [5, 5.41) is 1.12. The normalized spacial score (nSPS) is 21.4. The fourth-order valence-corrected chi connectivity index (χ4v) is 3.13. The van der Waals surface area contributed by atoms with Crippen molar-refractivity contribution in [2.75, 3.05) is 19.3 Å². The highest BCUT2D eigenvalue weighted by Gasteiger charge is 2.24. The molecule has 0 spiro atoms. The number of pyridine rings is 1. The number of hydrogen-bond donors (Lipinski definition) is 0. The molecule has 1 saturated heterocycles. The van der Waals surface area contributed by atoms with Gasteiger partial charge < -0.3 is 0 Å². The maximum Gasteiger partial charge on any atom is 0.0957 e. The maximum absolute atomic E-state index is 4.52. The topological polar surface area (TPSA) is 16.1 Å². The minimum Gasteiger partial charge on any atom is -0.296 e. The van der Waals surface area contributed by atoms with Crippen LogP contribution in [0.2, 0.25) is 0 Å². The molecule has 2 nitrogen and oxygen atoms in total. The van der Waals surface area contributed by atoms with Crippen LogP contribution >= 0.6 is 11.8 Å². The first-order valence-electron chi connectivity index (χ1n) is 6.94. The molecule has 0 bridgehead atoms. The summed E-state index contributed by atoms with van der Waals surface area (Å²) in [4.78, 5) is 7.17. The van der Waals surface area contributed by atoms with E-state index in [0.29, 0.717) is 6.04 Å². The van der Waals surface area contributed by atoms with E-state index < -0.39 is 0 Å². The molecule has 0 aromatic carbocycles. The summed E-state index contributed by atoms with van der Waals surface area (Å²) in [6.45, 7) is 7.06. The second-order valence-electron chi connectivity index (χ2n) is 5.53. The van der Waals surface area contributed by atoms with E-state index in [4.69, 9.17) is 0 Å². The standard InChI is InChI=1S/C15H24N2S/c1-12(2)11-17-9-5-4-6-14(17)13-7-8-15(18-3)16-10-13/h7-8,10,12,14H,4-6,9,11H2,1-3H3/t14-/m1/s1. The van der Waals surface area contributed by atoms with Crippen LogP contribution in [0.15, 0.2) is 23.4 Å². The summed E-state index contributed by atoms with van der Waals surface area (Å²) >= 11 is 1.71. The Kier molecular flexibility index (Phi) is 5.07. The lowest BCUT2D eigenvalue weighted by molar-refractivity contribution is 0.132. The van der Waals surface area contributed by atoms with Gasteiger partial charge in [-0.05, 0) is 43.2 Å². The summed E-state index contributed by atoms with van der Waals surface area (Å²) in [5.41, 5.74) is 1.40. The molecule has 1 aliphatic heterocycles. The first-order chi connectivity index (χ1) is 8.70. The Morgan fingerprint density at radius 2 is 2.22 bits per heavy atom. The molecule has 2 rings (SSSR count). The van der Waals surface area contributed by atoms with Crippen molar-refractivity contribution in [3.05, 3.63) is 23.9 Å². The molecule has 1 atom stereocenters. The smallest absolute Gasteiger partial charge is 0.0957 e. The van der Waals surface area contributed by atoms with E-state index in [1.54, 1.807) is 11.8 Å². The van der Waals surface area contributed by atoms with E-state index in [9.17, 15) is 0 Å². The second kappa shape index (κ2) is 6.58. The number of nitrogens with zero attached hydrogens (tertiary/aromatic N) is 2. The number of aromatic nitrogens is 1. The van der Waals surface area contributed by atoms with Gasteiger partial charge in [0.1, 0.15) is 0 Å². The highest BCUT2D eigenvalue weighted by atomic mass is 32.2.